The van der Waals surface area contributed by atoms with Crippen LogP contribution in [0.1, 0.15) is 30.0 Å². The van der Waals surface area contributed by atoms with Gasteiger partial charge >= 0.3 is 5.97 Å². The first-order chi connectivity index (χ1) is 13.6. The molecule has 0 aliphatic heterocycles. The summed E-state index contributed by atoms with van der Waals surface area (Å²) in [6.45, 7) is 0. The van der Waals surface area contributed by atoms with Crippen LogP contribution in [0, 0.1) is 0 Å². The quantitative estimate of drug-likeness (QED) is 0.427. The van der Waals surface area contributed by atoms with Gasteiger partial charge in [0.1, 0.15) is 10.8 Å². The average molecular weight is 393 g/mol. The van der Waals surface area contributed by atoms with E-state index >= 15 is 0 Å². The maximum absolute atomic E-state index is 10.9. The van der Waals surface area contributed by atoms with E-state index in [0.29, 0.717) is 29.9 Å². The van der Waals surface area contributed by atoms with Crippen molar-refractivity contribution in [2.75, 3.05) is 7.11 Å². The molecule has 6 heteroatoms. The summed E-state index contributed by atoms with van der Waals surface area (Å²) in [5, 5.41) is 10.8. The minimum Gasteiger partial charge on any atom is -0.493 e. The van der Waals surface area contributed by atoms with Crippen LogP contribution in [-0.2, 0) is 4.79 Å². The predicted molar refractivity (Wildman–Crippen MR) is 112 cm³/mol. The number of benzene rings is 2. The second kappa shape index (κ2) is 7.86. The fraction of sp³-hybridized carbons (Fsp3) is 0.182. The first-order valence-electron chi connectivity index (χ1n) is 8.99. The number of nitrogens with zero attached hydrogens (tertiary/aromatic N) is 1. The number of aliphatic carboxylic acids is 1. The van der Waals surface area contributed by atoms with Gasteiger partial charge in [0.05, 0.1) is 17.3 Å². The number of ether oxygens (including phenoxy) is 1. The van der Waals surface area contributed by atoms with Gasteiger partial charge in [-0.15, -0.1) is 11.3 Å². The van der Waals surface area contributed by atoms with Crippen LogP contribution in [0.25, 0.3) is 32.8 Å². The lowest BCUT2D eigenvalue weighted by Crippen LogP contribution is -1.94. The highest BCUT2D eigenvalue weighted by atomic mass is 32.1. The molecule has 0 aliphatic rings. The Bertz CT molecular complexity index is 1140. The Morgan fingerprint density at radius 1 is 1.21 bits per heavy atom. The highest BCUT2D eigenvalue weighted by molar-refractivity contribution is 7.19. The molecule has 1 N–H and O–H groups in total. The molecule has 2 aromatic carbocycles. The molecule has 0 amide bonds. The molecule has 0 unspecified atom stereocenters. The minimum atomic E-state index is -0.794. The van der Waals surface area contributed by atoms with Crippen molar-refractivity contribution in [1.82, 2.24) is 4.98 Å². The Balaban J connectivity index is 1.74. The normalized spacial score (nSPS) is 12.0. The van der Waals surface area contributed by atoms with Gasteiger partial charge in [-0.05, 0) is 48.8 Å². The zero-order chi connectivity index (χ0) is 19.5. The fourth-order valence-electron chi connectivity index (χ4n) is 3.14. The Morgan fingerprint density at radius 3 is 2.86 bits per heavy atom. The molecule has 28 heavy (non-hydrogen) atoms. The number of hydrogen-bond acceptors (Lipinski definition) is 5. The van der Waals surface area contributed by atoms with E-state index in [1.807, 2.05) is 54.6 Å². The summed E-state index contributed by atoms with van der Waals surface area (Å²) < 4.78 is 12.5. The summed E-state index contributed by atoms with van der Waals surface area (Å²) >= 11 is 1.60. The van der Waals surface area contributed by atoms with Gasteiger partial charge in [0.2, 0.25) is 0 Å². The monoisotopic (exact) mass is 393 g/mol. The highest BCUT2D eigenvalue weighted by Crippen LogP contribution is 2.34. The van der Waals surface area contributed by atoms with Crippen molar-refractivity contribution < 1.29 is 19.1 Å². The first-order valence-corrected chi connectivity index (χ1v) is 9.80. The van der Waals surface area contributed by atoms with Crippen LogP contribution in [0.3, 0.4) is 0 Å². The maximum atomic E-state index is 10.9. The topological polar surface area (TPSA) is 72.6 Å². The third-order valence-corrected chi connectivity index (χ3v) is 5.58. The summed E-state index contributed by atoms with van der Waals surface area (Å²) in [6, 6.07) is 15.7. The Labute approximate surface area is 165 Å². The van der Waals surface area contributed by atoms with Crippen LogP contribution < -0.4 is 4.74 Å². The Hall–Kier alpha value is -3.12. The molecule has 2 heterocycles. The predicted octanol–water partition coefficient (Wildman–Crippen LogP) is 5.85. The number of carboxylic acids is 1. The van der Waals surface area contributed by atoms with Gasteiger partial charge in [0.15, 0.2) is 11.3 Å². The van der Waals surface area contributed by atoms with Gasteiger partial charge < -0.3 is 14.3 Å². The number of furan rings is 1. The van der Waals surface area contributed by atoms with E-state index in [0.717, 1.165) is 26.2 Å². The molecule has 142 valence electrons. The molecule has 0 bridgehead atoms. The largest absolute Gasteiger partial charge is 0.493 e. The minimum absolute atomic E-state index is 0.121. The number of methoxy groups -OCH3 is 1. The standard InChI is InChI=1S/C22H19NO4S/c1-26-18-9-4-6-14-12-16(27-21(14)18)13-15(7-5-11-20(24)25)22-23-17-8-2-3-10-19(17)28-22/h2-4,6,8-10,12-13H,5,7,11H2,1H3,(H,24,25)/b15-13+. The van der Waals surface area contributed by atoms with Crippen molar-refractivity contribution in [3.8, 4) is 5.75 Å². The summed E-state index contributed by atoms with van der Waals surface area (Å²) in [6.07, 6.45) is 3.23. The van der Waals surface area contributed by atoms with Crippen LogP contribution >= 0.6 is 11.3 Å². The zero-order valence-corrected chi connectivity index (χ0v) is 16.2. The summed E-state index contributed by atoms with van der Waals surface area (Å²) in [5.74, 6) is 0.589. The average Bonchev–Trinajstić information content (AvgIpc) is 3.30. The molecular weight excluding hydrogens is 374 g/mol. The maximum Gasteiger partial charge on any atom is 0.303 e. The van der Waals surface area contributed by atoms with Crippen molar-refractivity contribution in [1.29, 1.82) is 0 Å². The van der Waals surface area contributed by atoms with Crippen molar-refractivity contribution in [3.63, 3.8) is 0 Å². The van der Waals surface area contributed by atoms with E-state index in [9.17, 15) is 4.79 Å². The molecule has 2 aromatic heterocycles. The highest BCUT2D eigenvalue weighted by Gasteiger charge is 2.13. The van der Waals surface area contributed by atoms with Crippen LogP contribution in [0.15, 0.2) is 52.9 Å². The molecule has 0 atom stereocenters. The van der Waals surface area contributed by atoms with E-state index in [1.165, 1.54) is 0 Å². The molecule has 0 fully saturated rings. The van der Waals surface area contributed by atoms with Crippen molar-refractivity contribution >= 4 is 50.1 Å². The van der Waals surface area contributed by atoms with Crippen molar-refractivity contribution in [2.45, 2.75) is 19.3 Å². The zero-order valence-electron chi connectivity index (χ0n) is 15.3. The Kier molecular flexibility index (Phi) is 5.12. The number of fused-ring (bicyclic) bond motifs is 2. The number of carboxylic acid groups (broad SMARTS) is 1. The third kappa shape index (κ3) is 3.77. The molecule has 0 spiro atoms. The van der Waals surface area contributed by atoms with Crippen LogP contribution in [0.5, 0.6) is 5.75 Å². The summed E-state index contributed by atoms with van der Waals surface area (Å²) in [5.41, 5.74) is 2.61. The fourth-order valence-corrected chi connectivity index (χ4v) is 4.15. The van der Waals surface area contributed by atoms with Gasteiger partial charge in [-0.2, -0.15) is 0 Å². The Morgan fingerprint density at radius 2 is 2.07 bits per heavy atom. The molecular formula is C22H19NO4S. The van der Waals surface area contributed by atoms with Crippen molar-refractivity contribution in [3.05, 3.63) is 59.3 Å². The van der Waals surface area contributed by atoms with Crippen LogP contribution in [0.4, 0.5) is 0 Å². The summed E-state index contributed by atoms with van der Waals surface area (Å²) in [7, 11) is 1.62. The molecule has 0 saturated heterocycles. The molecule has 0 saturated carbocycles. The number of carbonyl (C=O) groups is 1. The van der Waals surface area contributed by atoms with E-state index in [4.69, 9.17) is 19.2 Å². The number of thiazole rings is 1. The smallest absolute Gasteiger partial charge is 0.303 e. The van der Waals surface area contributed by atoms with E-state index in [2.05, 4.69) is 0 Å². The number of para-hydroxylation sites is 2. The van der Waals surface area contributed by atoms with Gasteiger partial charge in [-0.1, -0.05) is 24.3 Å². The molecule has 0 aliphatic carbocycles. The molecule has 4 rings (SSSR count). The lowest BCUT2D eigenvalue weighted by Gasteiger charge is -2.03. The van der Waals surface area contributed by atoms with Gasteiger partial charge in [-0.3, -0.25) is 4.79 Å². The lowest BCUT2D eigenvalue weighted by atomic mass is 10.1. The molecule has 4 aromatic rings. The molecule has 5 nitrogen and oxygen atoms in total. The summed E-state index contributed by atoms with van der Waals surface area (Å²) in [4.78, 5) is 15.7. The van der Waals surface area contributed by atoms with Crippen molar-refractivity contribution in [2.24, 2.45) is 0 Å². The van der Waals surface area contributed by atoms with Gasteiger partial charge in [-0.25, -0.2) is 4.98 Å². The number of hydrogen-bond donors (Lipinski definition) is 1. The second-order valence-electron chi connectivity index (χ2n) is 6.43. The first kappa shape index (κ1) is 18.3. The van der Waals surface area contributed by atoms with E-state index < -0.39 is 5.97 Å². The van der Waals surface area contributed by atoms with E-state index in [-0.39, 0.29) is 6.42 Å². The molecule has 0 radical (unpaired) electrons. The lowest BCUT2D eigenvalue weighted by molar-refractivity contribution is -0.137. The van der Waals surface area contributed by atoms with Gasteiger partial charge in [0, 0.05) is 11.8 Å². The number of aromatic nitrogens is 1. The second-order valence-corrected chi connectivity index (χ2v) is 7.46. The number of rotatable bonds is 7. The SMILES string of the molecule is COc1cccc2cc(/C=C(\CCCC(=O)O)c3nc4ccccc4s3)oc12. The van der Waals surface area contributed by atoms with Gasteiger partial charge in [0.25, 0.3) is 0 Å². The van der Waals surface area contributed by atoms with E-state index in [1.54, 1.807) is 18.4 Å². The third-order valence-electron chi connectivity index (χ3n) is 4.47. The van der Waals surface area contributed by atoms with Crippen LogP contribution in [0.2, 0.25) is 0 Å². The van der Waals surface area contributed by atoms with Crippen LogP contribution in [-0.4, -0.2) is 23.2 Å². The number of allylic oxidation sites excluding steroid dienone is 1.